The number of benzene rings is 1. The minimum absolute atomic E-state index is 0.183. The van der Waals surface area contributed by atoms with Crippen molar-refractivity contribution in [2.75, 3.05) is 12.3 Å². The molecule has 1 amide bonds. The van der Waals surface area contributed by atoms with Gasteiger partial charge in [-0.25, -0.2) is 0 Å². The van der Waals surface area contributed by atoms with E-state index >= 15 is 0 Å². The Morgan fingerprint density at radius 3 is 2.86 bits per heavy atom. The summed E-state index contributed by atoms with van der Waals surface area (Å²) >= 11 is 5.82. The third-order valence-corrected chi connectivity index (χ3v) is 3.55. The molecule has 1 heterocycles. The van der Waals surface area contributed by atoms with Crippen molar-refractivity contribution >= 4 is 23.2 Å². The molecule has 0 bridgehead atoms. The van der Waals surface area contributed by atoms with Crippen molar-refractivity contribution in [3.8, 4) is 0 Å². The van der Waals surface area contributed by atoms with Gasteiger partial charge in [-0.1, -0.05) is 24.6 Å². The first-order chi connectivity index (χ1) is 10.1. The molecule has 0 aliphatic rings. The Hall–Kier alpha value is -2.07. The van der Waals surface area contributed by atoms with Crippen molar-refractivity contribution in [3.63, 3.8) is 0 Å². The standard InChI is InChI=1S/C16H18ClN3O/c1-11(15-4-2-3-8-19-15)7-9-20-16(21)13-6-5-12(17)10-14(13)18/h2-6,8,10-11H,7,9,18H2,1H3,(H,20,21). The van der Waals surface area contributed by atoms with Crippen LogP contribution in [0.5, 0.6) is 0 Å². The van der Waals surface area contributed by atoms with Crippen LogP contribution in [0.15, 0.2) is 42.6 Å². The van der Waals surface area contributed by atoms with Crippen LogP contribution in [-0.4, -0.2) is 17.4 Å². The minimum atomic E-state index is -0.183. The van der Waals surface area contributed by atoms with Gasteiger partial charge < -0.3 is 11.1 Å². The van der Waals surface area contributed by atoms with E-state index in [1.54, 1.807) is 24.4 Å². The number of pyridine rings is 1. The molecule has 5 heteroatoms. The van der Waals surface area contributed by atoms with Crippen LogP contribution in [0.4, 0.5) is 5.69 Å². The van der Waals surface area contributed by atoms with E-state index in [2.05, 4.69) is 17.2 Å². The van der Waals surface area contributed by atoms with E-state index in [4.69, 9.17) is 17.3 Å². The fourth-order valence-electron chi connectivity index (χ4n) is 2.05. The molecule has 0 fully saturated rings. The minimum Gasteiger partial charge on any atom is -0.398 e. The highest BCUT2D eigenvalue weighted by molar-refractivity contribution is 6.31. The zero-order chi connectivity index (χ0) is 15.2. The number of anilines is 1. The summed E-state index contributed by atoms with van der Waals surface area (Å²) in [5.74, 6) is 0.103. The highest BCUT2D eigenvalue weighted by atomic mass is 35.5. The van der Waals surface area contributed by atoms with Crippen molar-refractivity contribution in [3.05, 3.63) is 58.9 Å². The molecule has 2 rings (SSSR count). The van der Waals surface area contributed by atoms with E-state index in [9.17, 15) is 4.79 Å². The number of aromatic nitrogens is 1. The lowest BCUT2D eigenvalue weighted by atomic mass is 10.0. The largest absolute Gasteiger partial charge is 0.398 e. The van der Waals surface area contributed by atoms with Crippen LogP contribution in [0.1, 0.15) is 35.3 Å². The fourth-order valence-corrected chi connectivity index (χ4v) is 2.23. The Balaban J connectivity index is 1.87. The quantitative estimate of drug-likeness (QED) is 0.833. The van der Waals surface area contributed by atoms with E-state index in [0.717, 1.165) is 12.1 Å². The van der Waals surface area contributed by atoms with Gasteiger partial charge >= 0.3 is 0 Å². The normalized spacial score (nSPS) is 11.9. The van der Waals surface area contributed by atoms with Gasteiger partial charge in [-0.15, -0.1) is 0 Å². The number of amides is 1. The maximum absolute atomic E-state index is 12.0. The molecule has 1 aromatic heterocycles. The van der Waals surface area contributed by atoms with Crippen LogP contribution in [0.2, 0.25) is 5.02 Å². The smallest absolute Gasteiger partial charge is 0.253 e. The molecule has 0 aliphatic carbocycles. The summed E-state index contributed by atoms with van der Waals surface area (Å²) in [5.41, 5.74) is 7.65. The molecule has 4 nitrogen and oxygen atoms in total. The molecule has 0 spiro atoms. The van der Waals surface area contributed by atoms with Crippen LogP contribution in [0.25, 0.3) is 0 Å². The van der Waals surface area contributed by atoms with E-state index in [1.807, 2.05) is 18.2 Å². The lowest BCUT2D eigenvalue weighted by molar-refractivity contribution is 0.0953. The second kappa shape index (κ2) is 7.09. The van der Waals surface area contributed by atoms with E-state index in [-0.39, 0.29) is 11.8 Å². The third kappa shape index (κ3) is 4.20. The number of nitrogens with one attached hydrogen (secondary N) is 1. The molecule has 3 N–H and O–H groups in total. The predicted octanol–water partition coefficient (Wildman–Crippen LogP) is 3.24. The Bertz CT molecular complexity index is 616. The summed E-state index contributed by atoms with van der Waals surface area (Å²) in [6, 6.07) is 10.7. The van der Waals surface area contributed by atoms with Gasteiger partial charge in [-0.3, -0.25) is 9.78 Å². The van der Waals surface area contributed by atoms with E-state index in [1.165, 1.54) is 0 Å². The number of rotatable bonds is 5. The van der Waals surface area contributed by atoms with Crippen LogP contribution in [-0.2, 0) is 0 Å². The second-order valence-corrected chi connectivity index (χ2v) is 5.37. The van der Waals surface area contributed by atoms with Gasteiger partial charge in [-0.2, -0.15) is 0 Å². The lowest BCUT2D eigenvalue weighted by Gasteiger charge is -2.12. The molecular formula is C16H18ClN3O. The summed E-state index contributed by atoms with van der Waals surface area (Å²) in [4.78, 5) is 16.4. The molecule has 21 heavy (non-hydrogen) atoms. The SMILES string of the molecule is CC(CCNC(=O)c1ccc(Cl)cc1N)c1ccccn1. The number of carbonyl (C=O) groups is 1. The van der Waals surface area contributed by atoms with Crippen molar-refractivity contribution in [1.29, 1.82) is 0 Å². The molecule has 1 atom stereocenters. The van der Waals surface area contributed by atoms with Crippen molar-refractivity contribution in [2.24, 2.45) is 0 Å². The molecule has 0 radical (unpaired) electrons. The van der Waals surface area contributed by atoms with Crippen molar-refractivity contribution in [2.45, 2.75) is 19.3 Å². The van der Waals surface area contributed by atoms with Crippen LogP contribution in [0.3, 0.4) is 0 Å². The number of nitrogen functional groups attached to an aromatic ring is 1. The van der Waals surface area contributed by atoms with Crippen LogP contribution in [0, 0.1) is 0 Å². The Morgan fingerprint density at radius 2 is 2.19 bits per heavy atom. The zero-order valence-corrected chi connectivity index (χ0v) is 12.6. The maximum Gasteiger partial charge on any atom is 0.253 e. The summed E-state index contributed by atoms with van der Waals surface area (Å²) < 4.78 is 0. The first-order valence-electron chi connectivity index (χ1n) is 6.82. The number of hydrogen-bond donors (Lipinski definition) is 2. The summed E-state index contributed by atoms with van der Waals surface area (Å²) in [6.45, 7) is 2.66. The van der Waals surface area contributed by atoms with Crippen LogP contribution >= 0.6 is 11.6 Å². The number of carbonyl (C=O) groups excluding carboxylic acids is 1. The van der Waals surface area contributed by atoms with Crippen LogP contribution < -0.4 is 11.1 Å². The molecule has 2 aromatic rings. The summed E-state index contributed by atoms with van der Waals surface area (Å²) in [5, 5.41) is 3.39. The topological polar surface area (TPSA) is 68.0 Å². The number of hydrogen-bond acceptors (Lipinski definition) is 3. The van der Waals surface area contributed by atoms with Gasteiger partial charge in [-0.05, 0) is 36.8 Å². The molecule has 1 aromatic carbocycles. The molecule has 0 aliphatic heterocycles. The average molecular weight is 304 g/mol. The third-order valence-electron chi connectivity index (χ3n) is 3.31. The molecule has 0 saturated heterocycles. The van der Waals surface area contributed by atoms with Gasteiger partial charge in [0, 0.05) is 35.1 Å². The van der Waals surface area contributed by atoms with E-state index in [0.29, 0.717) is 22.8 Å². The van der Waals surface area contributed by atoms with E-state index < -0.39 is 0 Å². The first-order valence-corrected chi connectivity index (χ1v) is 7.20. The Kier molecular flexibility index (Phi) is 5.17. The Morgan fingerprint density at radius 1 is 1.38 bits per heavy atom. The monoisotopic (exact) mass is 303 g/mol. The van der Waals surface area contributed by atoms with Crippen molar-refractivity contribution < 1.29 is 4.79 Å². The highest BCUT2D eigenvalue weighted by Crippen LogP contribution is 2.18. The van der Waals surface area contributed by atoms with Gasteiger partial charge in [0.2, 0.25) is 0 Å². The average Bonchev–Trinajstić information content (AvgIpc) is 2.47. The molecular weight excluding hydrogens is 286 g/mol. The van der Waals surface area contributed by atoms with Gasteiger partial charge in [0.25, 0.3) is 5.91 Å². The van der Waals surface area contributed by atoms with Crippen molar-refractivity contribution in [1.82, 2.24) is 10.3 Å². The first kappa shape index (κ1) is 15.3. The maximum atomic E-state index is 12.0. The molecule has 0 saturated carbocycles. The summed E-state index contributed by atoms with van der Waals surface area (Å²) in [7, 11) is 0. The molecule has 1 unspecified atom stereocenters. The number of halogens is 1. The van der Waals surface area contributed by atoms with Gasteiger partial charge in [0.1, 0.15) is 0 Å². The Labute approximate surface area is 129 Å². The fraction of sp³-hybridized carbons (Fsp3) is 0.250. The van der Waals surface area contributed by atoms with Gasteiger partial charge in [0.05, 0.1) is 5.56 Å². The highest BCUT2D eigenvalue weighted by Gasteiger charge is 2.11. The summed E-state index contributed by atoms with van der Waals surface area (Å²) in [6.07, 6.45) is 2.59. The van der Waals surface area contributed by atoms with Gasteiger partial charge in [0.15, 0.2) is 0 Å². The zero-order valence-electron chi connectivity index (χ0n) is 11.8. The lowest BCUT2D eigenvalue weighted by Crippen LogP contribution is -2.26. The second-order valence-electron chi connectivity index (χ2n) is 4.93. The molecule has 110 valence electrons. The predicted molar refractivity (Wildman–Crippen MR) is 85.5 cm³/mol. The number of nitrogens with two attached hydrogens (primary N) is 1. The number of nitrogens with zero attached hydrogens (tertiary/aromatic N) is 1.